The van der Waals surface area contributed by atoms with Crippen molar-refractivity contribution >= 4 is 6.03 Å². The summed E-state index contributed by atoms with van der Waals surface area (Å²) in [5.74, 6) is 0.784. The maximum absolute atomic E-state index is 11.7. The minimum absolute atomic E-state index is 0.108. The van der Waals surface area contributed by atoms with Gasteiger partial charge in [-0.15, -0.1) is 0 Å². The molecule has 0 aliphatic rings. The Morgan fingerprint density at radius 3 is 2.41 bits per heavy atom. The molecule has 0 heterocycles. The highest BCUT2D eigenvalue weighted by Gasteiger charge is 2.09. The van der Waals surface area contributed by atoms with Gasteiger partial charge in [0, 0.05) is 13.2 Å². The quantitative estimate of drug-likeness (QED) is 0.651. The van der Waals surface area contributed by atoms with Crippen molar-refractivity contribution in [1.82, 2.24) is 10.6 Å². The van der Waals surface area contributed by atoms with Crippen molar-refractivity contribution in [3.63, 3.8) is 0 Å². The fourth-order valence-corrected chi connectivity index (χ4v) is 1.89. The maximum atomic E-state index is 11.7. The SMILES string of the molecule is CCOC(CNC(=O)NCOc1ccccc1CC)OCC. The molecule has 1 aromatic rings. The second-order valence-electron chi connectivity index (χ2n) is 4.48. The molecule has 0 radical (unpaired) electrons. The number of carbonyl (C=O) groups excluding carboxylic acids is 1. The molecule has 0 atom stereocenters. The Morgan fingerprint density at radius 2 is 1.77 bits per heavy atom. The topological polar surface area (TPSA) is 68.8 Å². The van der Waals surface area contributed by atoms with Crippen LogP contribution in [0.1, 0.15) is 26.3 Å². The molecule has 0 aromatic heterocycles. The summed E-state index contributed by atoms with van der Waals surface area (Å²) >= 11 is 0. The molecule has 0 unspecified atom stereocenters. The summed E-state index contributed by atoms with van der Waals surface area (Å²) in [5, 5.41) is 5.33. The fourth-order valence-electron chi connectivity index (χ4n) is 1.89. The third-order valence-electron chi connectivity index (χ3n) is 2.95. The minimum atomic E-state index is -0.428. The molecule has 0 fully saturated rings. The number of rotatable bonds is 10. The average Bonchev–Trinajstić information content (AvgIpc) is 2.53. The van der Waals surface area contributed by atoms with Crippen molar-refractivity contribution in [2.75, 3.05) is 26.5 Å². The normalized spacial score (nSPS) is 10.5. The molecular weight excluding hydrogens is 284 g/mol. The van der Waals surface area contributed by atoms with E-state index in [1.807, 2.05) is 38.1 Å². The highest BCUT2D eigenvalue weighted by Crippen LogP contribution is 2.17. The van der Waals surface area contributed by atoms with Crippen molar-refractivity contribution in [2.24, 2.45) is 0 Å². The standard InChI is InChI=1S/C16H26N2O4/c1-4-13-9-7-8-10-14(13)22-12-18-16(19)17-11-15(20-5-2)21-6-3/h7-10,15H,4-6,11-12H2,1-3H3,(H2,17,18,19). The van der Waals surface area contributed by atoms with Crippen LogP contribution in [-0.2, 0) is 15.9 Å². The van der Waals surface area contributed by atoms with Gasteiger partial charge >= 0.3 is 6.03 Å². The first-order chi connectivity index (χ1) is 10.7. The zero-order valence-corrected chi connectivity index (χ0v) is 13.6. The second-order valence-corrected chi connectivity index (χ2v) is 4.48. The smallest absolute Gasteiger partial charge is 0.317 e. The number of nitrogens with one attached hydrogen (secondary N) is 2. The van der Waals surface area contributed by atoms with E-state index in [1.54, 1.807) is 0 Å². The second kappa shape index (κ2) is 10.9. The lowest BCUT2D eigenvalue weighted by Gasteiger charge is -2.17. The van der Waals surface area contributed by atoms with Crippen LogP contribution >= 0.6 is 0 Å². The third-order valence-corrected chi connectivity index (χ3v) is 2.95. The molecule has 0 bridgehead atoms. The Morgan fingerprint density at radius 1 is 1.09 bits per heavy atom. The number of aryl methyl sites for hydroxylation is 1. The predicted octanol–water partition coefficient (Wildman–Crippen LogP) is 2.28. The summed E-state index contributed by atoms with van der Waals surface area (Å²) in [5.41, 5.74) is 1.11. The molecule has 0 aliphatic carbocycles. The molecule has 0 aliphatic heterocycles. The van der Waals surface area contributed by atoms with Crippen LogP contribution in [0, 0.1) is 0 Å². The van der Waals surface area contributed by atoms with Gasteiger partial charge in [0.05, 0.1) is 6.54 Å². The summed E-state index contributed by atoms with van der Waals surface area (Å²) in [7, 11) is 0. The number of carbonyl (C=O) groups is 1. The van der Waals surface area contributed by atoms with E-state index in [4.69, 9.17) is 14.2 Å². The summed E-state index contributed by atoms with van der Waals surface area (Å²) in [6, 6.07) is 7.44. The fraction of sp³-hybridized carbons (Fsp3) is 0.562. The molecule has 0 saturated carbocycles. The van der Waals surface area contributed by atoms with Crippen molar-refractivity contribution in [3.05, 3.63) is 29.8 Å². The number of urea groups is 1. The van der Waals surface area contributed by atoms with Crippen LogP contribution in [0.15, 0.2) is 24.3 Å². The van der Waals surface area contributed by atoms with Crippen molar-refractivity contribution in [3.8, 4) is 5.75 Å². The minimum Gasteiger partial charge on any atom is -0.473 e. The van der Waals surface area contributed by atoms with Crippen LogP contribution in [0.25, 0.3) is 0 Å². The largest absolute Gasteiger partial charge is 0.473 e. The van der Waals surface area contributed by atoms with Crippen LogP contribution in [0.2, 0.25) is 0 Å². The molecule has 6 heteroatoms. The van der Waals surface area contributed by atoms with Crippen LogP contribution in [0.3, 0.4) is 0 Å². The van der Waals surface area contributed by atoms with E-state index in [2.05, 4.69) is 17.6 Å². The van der Waals surface area contributed by atoms with E-state index in [0.29, 0.717) is 19.8 Å². The lowest BCUT2D eigenvalue weighted by atomic mass is 10.1. The lowest BCUT2D eigenvalue weighted by Crippen LogP contribution is -2.42. The van der Waals surface area contributed by atoms with E-state index in [-0.39, 0.29) is 12.8 Å². The van der Waals surface area contributed by atoms with Gasteiger partial charge in [-0.2, -0.15) is 0 Å². The van der Waals surface area contributed by atoms with Gasteiger partial charge in [-0.05, 0) is 31.9 Å². The van der Waals surface area contributed by atoms with Gasteiger partial charge in [0.25, 0.3) is 0 Å². The first-order valence-corrected chi connectivity index (χ1v) is 7.66. The number of ether oxygens (including phenoxy) is 3. The number of hydrogen-bond acceptors (Lipinski definition) is 4. The molecule has 0 spiro atoms. The Kier molecular flexibility index (Phi) is 9.02. The molecule has 1 rings (SSSR count). The van der Waals surface area contributed by atoms with Crippen molar-refractivity contribution in [2.45, 2.75) is 33.5 Å². The zero-order chi connectivity index (χ0) is 16.2. The summed E-state index contributed by atoms with van der Waals surface area (Å²) < 4.78 is 16.2. The van der Waals surface area contributed by atoms with Crippen LogP contribution < -0.4 is 15.4 Å². The molecule has 6 nitrogen and oxygen atoms in total. The molecule has 22 heavy (non-hydrogen) atoms. The molecule has 1 aromatic carbocycles. The van der Waals surface area contributed by atoms with Crippen LogP contribution in [-0.4, -0.2) is 38.8 Å². The van der Waals surface area contributed by atoms with Gasteiger partial charge in [-0.3, -0.25) is 0 Å². The molecule has 0 saturated heterocycles. The summed E-state index contributed by atoms with van der Waals surface area (Å²) in [4.78, 5) is 11.7. The van der Waals surface area contributed by atoms with Gasteiger partial charge in [0.1, 0.15) is 5.75 Å². The van der Waals surface area contributed by atoms with Crippen LogP contribution in [0.5, 0.6) is 5.75 Å². The van der Waals surface area contributed by atoms with Crippen molar-refractivity contribution in [1.29, 1.82) is 0 Å². The van der Waals surface area contributed by atoms with E-state index < -0.39 is 6.29 Å². The predicted molar refractivity (Wildman–Crippen MR) is 84.9 cm³/mol. The first-order valence-electron chi connectivity index (χ1n) is 7.66. The lowest BCUT2D eigenvalue weighted by molar-refractivity contribution is -0.131. The molecule has 2 N–H and O–H groups in total. The number of para-hydroxylation sites is 1. The van der Waals surface area contributed by atoms with E-state index in [9.17, 15) is 4.79 Å². The van der Waals surface area contributed by atoms with E-state index in [1.165, 1.54) is 0 Å². The number of amides is 2. The Hall–Kier alpha value is -1.79. The van der Waals surface area contributed by atoms with Gasteiger partial charge in [-0.25, -0.2) is 4.79 Å². The number of benzene rings is 1. The molecule has 124 valence electrons. The zero-order valence-electron chi connectivity index (χ0n) is 13.6. The van der Waals surface area contributed by atoms with Gasteiger partial charge in [0.2, 0.25) is 0 Å². The highest BCUT2D eigenvalue weighted by atomic mass is 16.7. The van der Waals surface area contributed by atoms with Crippen LogP contribution in [0.4, 0.5) is 4.79 Å². The number of hydrogen-bond donors (Lipinski definition) is 2. The highest BCUT2D eigenvalue weighted by molar-refractivity contribution is 5.73. The van der Waals surface area contributed by atoms with E-state index >= 15 is 0 Å². The molecule has 2 amide bonds. The Balaban J connectivity index is 2.28. The van der Waals surface area contributed by atoms with Gasteiger partial charge in [-0.1, -0.05) is 25.1 Å². The average molecular weight is 310 g/mol. The maximum Gasteiger partial charge on any atom is 0.317 e. The third kappa shape index (κ3) is 6.78. The Bertz CT molecular complexity index is 434. The monoisotopic (exact) mass is 310 g/mol. The van der Waals surface area contributed by atoms with Gasteiger partial charge in [0.15, 0.2) is 13.0 Å². The van der Waals surface area contributed by atoms with Crippen molar-refractivity contribution < 1.29 is 19.0 Å². The summed E-state index contributed by atoms with van der Waals surface area (Å²) in [6.45, 7) is 7.28. The summed E-state index contributed by atoms with van der Waals surface area (Å²) in [6.07, 6.45) is 0.453. The Labute approximate surface area is 132 Å². The molecular formula is C16H26N2O4. The van der Waals surface area contributed by atoms with E-state index in [0.717, 1.165) is 17.7 Å². The first kappa shape index (κ1) is 18.3. The van der Waals surface area contributed by atoms with Gasteiger partial charge < -0.3 is 24.8 Å².